The van der Waals surface area contributed by atoms with Crippen molar-refractivity contribution in [2.75, 3.05) is 13.1 Å². The van der Waals surface area contributed by atoms with Crippen LogP contribution in [0.15, 0.2) is 11.5 Å². The zero-order valence-corrected chi connectivity index (χ0v) is 7.60. The Labute approximate surface area is 79.8 Å². The van der Waals surface area contributed by atoms with Crippen molar-refractivity contribution in [2.45, 2.75) is 18.8 Å². The highest BCUT2D eigenvalue weighted by atomic mass is 16.6. The van der Waals surface area contributed by atoms with Gasteiger partial charge in [0.05, 0.1) is 4.92 Å². The van der Waals surface area contributed by atoms with Crippen LogP contribution in [0.1, 0.15) is 6.92 Å². The molecule has 3 N–H and O–H groups in total. The molecule has 78 valence electrons. The molecule has 2 aliphatic heterocycles. The summed E-state index contributed by atoms with van der Waals surface area (Å²) in [4.78, 5) is 11.4. The lowest BCUT2D eigenvalue weighted by atomic mass is 10.1. The molecule has 0 aromatic carbocycles. The third-order valence-corrected chi connectivity index (χ3v) is 2.66. The molecule has 2 heterocycles. The summed E-state index contributed by atoms with van der Waals surface area (Å²) >= 11 is 0. The summed E-state index contributed by atoms with van der Waals surface area (Å²) in [6, 6.07) is 0. The van der Waals surface area contributed by atoms with Crippen LogP contribution in [0, 0.1) is 10.1 Å². The average molecular weight is 201 g/mol. The van der Waals surface area contributed by atoms with Crippen molar-refractivity contribution >= 4 is 0 Å². The predicted octanol–water partition coefficient (Wildman–Crippen LogP) is -1.58. The van der Waals surface area contributed by atoms with Gasteiger partial charge in [-0.05, 0) is 6.92 Å². The number of nitrogens with one attached hydrogen (secondary N) is 1. The van der Waals surface area contributed by atoms with E-state index in [1.54, 1.807) is 0 Å². The SMILES string of the molecule is CC1(O)C(O)C([N+](=O)[O-])=C2NCCN21. The Morgan fingerprint density at radius 2 is 2.43 bits per heavy atom. The van der Waals surface area contributed by atoms with E-state index in [1.807, 2.05) is 0 Å². The van der Waals surface area contributed by atoms with Gasteiger partial charge in [0, 0.05) is 13.1 Å². The smallest absolute Gasteiger partial charge is 0.319 e. The zero-order chi connectivity index (χ0) is 10.5. The highest BCUT2D eigenvalue weighted by Crippen LogP contribution is 2.36. The highest BCUT2D eigenvalue weighted by molar-refractivity contribution is 5.25. The molecule has 0 amide bonds. The molecule has 14 heavy (non-hydrogen) atoms. The lowest BCUT2D eigenvalue weighted by Crippen LogP contribution is -2.48. The van der Waals surface area contributed by atoms with Crippen LogP contribution in [0.25, 0.3) is 0 Å². The fourth-order valence-corrected chi connectivity index (χ4v) is 1.90. The minimum Gasteiger partial charge on any atom is -0.378 e. The van der Waals surface area contributed by atoms with Crippen LogP contribution in [0.5, 0.6) is 0 Å². The van der Waals surface area contributed by atoms with Crippen molar-refractivity contribution in [3.63, 3.8) is 0 Å². The number of aliphatic hydroxyl groups excluding tert-OH is 1. The molecule has 1 saturated heterocycles. The Morgan fingerprint density at radius 3 is 3.00 bits per heavy atom. The summed E-state index contributed by atoms with van der Waals surface area (Å²) in [6.07, 6.45) is -1.47. The van der Waals surface area contributed by atoms with E-state index in [0.29, 0.717) is 13.1 Å². The fraction of sp³-hybridized carbons (Fsp3) is 0.714. The number of rotatable bonds is 1. The quantitative estimate of drug-likeness (QED) is 0.350. The van der Waals surface area contributed by atoms with Crippen LogP contribution >= 0.6 is 0 Å². The number of hydrogen-bond donors (Lipinski definition) is 3. The van der Waals surface area contributed by atoms with E-state index in [-0.39, 0.29) is 11.5 Å². The largest absolute Gasteiger partial charge is 0.378 e. The van der Waals surface area contributed by atoms with Crippen molar-refractivity contribution in [1.29, 1.82) is 0 Å². The van der Waals surface area contributed by atoms with Crippen LogP contribution in [0.2, 0.25) is 0 Å². The Balaban J connectivity index is 2.48. The lowest BCUT2D eigenvalue weighted by Gasteiger charge is -2.30. The monoisotopic (exact) mass is 201 g/mol. The summed E-state index contributed by atoms with van der Waals surface area (Å²) in [5, 5.41) is 32.8. The van der Waals surface area contributed by atoms with Gasteiger partial charge in [-0.1, -0.05) is 0 Å². The van der Waals surface area contributed by atoms with Gasteiger partial charge in [0.25, 0.3) is 0 Å². The van der Waals surface area contributed by atoms with Crippen LogP contribution < -0.4 is 5.32 Å². The minimum atomic E-state index is -1.58. The first-order valence-electron chi connectivity index (χ1n) is 4.26. The first kappa shape index (κ1) is 9.22. The average Bonchev–Trinajstić information content (AvgIpc) is 2.57. The number of hydrogen-bond acceptors (Lipinski definition) is 6. The molecule has 2 aliphatic rings. The topological polar surface area (TPSA) is 98.9 Å². The maximum Gasteiger partial charge on any atom is 0.319 e. The van der Waals surface area contributed by atoms with Crippen molar-refractivity contribution in [3.8, 4) is 0 Å². The summed E-state index contributed by atoms with van der Waals surface area (Å²) < 4.78 is 0. The van der Waals surface area contributed by atoms with E-state index in [9.17, 15) is 20.3 Å². The van der Waals surface area contributed by atoms with Gasteiger partial charge < -0.3 is 20.4 Å². The molecule has 2 atom stereocenters. The predicted molar refractivity (Wildman–Crippen MR) is 45.4 cm³/mol. The molecular weight excluding hydrogens is 190 g/mol. The molecule has 2 rings (SSSR count). The van der Waals surface area contributed by atoms with Crippen LogP contribution in [0.4, 0.5) is 0 Å². The fourth-order valence-electron chi connectivity index (χ4n) is 1.90. The first-order chi connectivity index (χ1) is 6.46. The third kappa shape index (κ3) is 0.933. The van der Waals surface area contributed by atoms with E-state index >= 15 is 0 Å². The summed E-state index contributed by atoms with van der Waals surface area (Å²) in [5.41, 5.74) is -1.94. The van der Waals surface area contributed by atoms with Gasteiger partial charge in [0.2, 0.25) is 0 Å². The van der Waals surface area contributed by atoms with Gasteiger partial charge in [-0.25, -0.2) is 0 Å². The molecule has 0 spiro atoms. The van der Waals surface area contributed by atoms with Crippen molar-refractivity contribution in [2.24, 2.45) is 0 Å². The molecule has 0 bridgehead atoms. The highest BCUT2D eigenvalue weighted by Gasteiger charge is 2.55. The minimum absolute atomic E-state index is 0.229. The molecule has 7 heteroatoms. The normalized spacial score (nSPS) is 35.9. The first-order valence-corrected chi connectivity index (χ1v) is 4.26. The number of nitrogens with zero attached hydrogens (tertiary/aromatic N) is 2. The summed E-state index contributed by atoms with van der Waals surface area (Å²) in [6.45, 7) is 2.35. The molecule has 0 saturated carbocycles. The van der Waals surface area contributed by atoms with Gasteiger partial charge in [-0.2, -0.15) is 0 Å². The maximum absolute atomic E-state index is 10.7. The second-order valence-corrected chi connectivity index (χ2v) is 3.57. The zero-order valence-electron chi connectivity index (χ0n) is 7.60. The molecule has 0 aromatic heterocycles. The molecule has 0 aromatic rings. The molecule has 2 unspecified atom stereocenters. The molecular formula is C7H11N3O4. The second-order valence-electron chi connectivity index (χ2n) is 3.57. The van der Waals surface area contributed by atoms with Crippen molar-refractivity contribution < 1.29 is 15.1 Å². The van der Waals surface area contributed by atoms with E-state index in [2.05, 4.69) is 5.32 Å². The lowest BCUT2D eigenvalue weighted by molar-refractivity contribution is -0.439. The van der Waals surface area contributed by atoms with E-state index in [4.69, 9.17) is 0 Å². The summed E-state index contributed by atoms with van der Waals surface area (Å²) in [7, 11) is 0. The van der Waals surface area contributed by atoms with Crippen LogP contribution in [-0.2, 0) is 0 Å². The Morgan fingerprint density at radius 1 is 1.79 bits per heavy atom. The molecule has 0 radical (unpaired) electrons. The Kier molecular flexibility index (Phi) is 1.70. The van der Waals surface area contributed by atoms with E-state index < -0.39 is 16.8 Å². The second kappa shape index (κ2) is 2.58. The van der Waals surface area contributed by atoms with Gasteiger partial charge in [0.1, 0.15) is 0 Å². The van der Waals surface area contributed by atoms with Crippen molar-refractivity contribution in [1.82, 2.24) is 10.2 Å². The van der Waals surface area contributed by atoms with Gasteiger partial charge >= 0.3 is 5.70 Å². The number of fused-ring (bicyclic) bond motifs is 1. The van der Waals surface area contributed by atoms with E-state index in [0.717, 1.165) is 0 Å². The third-order valence-electron chi connectivity index (χ3n) is 2.66. The Hall–Kier alpha value is -1.34. The van der Waals surface area contributed by atoms with Gasteiger partial charge in [-0.3, -0.25) is 10.1 Å². The number of nitro groups is 1. The standard InChI is InChI=1S/C7H11N3O4/c1-7(12)5(11)4(10(13)14)6-8-2-3-9(6)7/h5,8,11-12H,2-3H2,1H3. The van der Waals surface area contributed by atoms with Crippen molar-refractivity contribution in [3.05, 3.63) is 21.6 Å². The van der Waals surface area contributed by atoms with E-state index in [1.165, 1.54) is 11.8 Å². The Bertz CT molecular complexity index is 325. The van der Waals surface area contributed by atoms with Gasteiger partial charge in [-0.15, -0.1) is 0 Å². The van der Waals surface area contributed by atoms with Crippen LogP contribution in [-0.4, -0.2) is 45.0 Å². The summed E-state index contributed by atoms with van der Waals surface area (Å²) in [5.74, 6) is 0.229. The maximum atomic E-state index is 10.7. The molecule has 7 nitrogen and oxygen atoms in total. The van der Waals surface area contributed by atoms with Crippen LogP contribution in [0.3, 0.4) is 0 Å². The molecule has 0 aliphatic carbocycles. The number of aliphatic hydroxyl groups is 2. The van der Waals surface area contributed by atoms with Gasteiger partial charge in [0.15, 0.2) is 17.6 Å². The molecule has 1 fully saturated rings.